The van der Waals surface area contributed by atoms with E-state index in [0.717, 1.165) is 11.8 Å². The normalized spacial score (nSPS) is 14.2. The second kappa shape index (κ2) is 6.66. The highest BCUT2D eigenvalue weighted by atomic mass is 32.2. The zero-order valence-electron chi connectivity index (χ0n) is 11.8. The van der Waals surface area contributed by atoms with Crippen molar-refractivity contribution in [2.45, 2.75) is 17.9 Å². The van der Waals surface area contributed by atoms with Crippen LogP contribution in [0.3, 0.4) is 0 Å². The van der Waals surface area contributed by atoms with Crippen LogP contribution in [0.4, 0.5) is 0 Å². The van der Waals surface area contributed by atoms with Crippen LogP contribution >= 0.6 is 0 Å². The molecular formula is C12H20N2O4S2. The summed E-state index contributed by atoms with van der Waals surface area (Å²) in [5.74, 6) is -0.221. The van der Waals surface area contributed by atoms with Gasteiger partial charge in [0.1, 0.15) is 9.84 Å². The first-order chi connectivity index (χ1) is 9.15. The Morgan fingerprint density at radius 1 is 1.10 bits per heavy atom. The maximum Gasteiger partial charge on any atom is 0.240 e. The predicted molar refractivity (Wildman–Crippen MR) is 78.8 cm³/mol. The summed E-state index contributed by atoms with van der Waals surface area (Å²) in [7, 11) is -5.03. The third kappa shape index (κ3) is 5.20. The summed E-state index contributed by atoms with van der Waals surface area (Å²) in [5, 5.41) is 3.06. The molecule has 1 unspecified atom stereocenters. The largest absolute Gasteiger partial charge is 0.313 e. The highest BCUT2D eigenvalue weighted by Gasteiger charge is 2.15. The summed E-state index contributed by atoms with van der Waals surface area (Å²) < 4.78 is 48.1. The van der Waals surface area contributed by atoms with Gasteiger partial charge in [-0.3, -0.25) is 0 Å². The molecule has 6 nitrogen and oxygen atoms in total. The van der Waals surface area contributed by atoms with Gasteiger partial charge in [0.2, 0.25) is 10.0 Å². The van der Waals surface area contributed by atoms with Crippen LogP contribution in [0.15, 0.2) is 29.2 Å². The Morgan fingerprint density at radius 2 is 1.65 bits per heavy atom. The minimum Gasteiger partial charge on any atom is -0.313 e. The highest BCUT2D eigenvalue weighted by Crippen LogP contribution is 2.15. The number of hydrogen-bond acceptors (Lipinski definition) is 5. The average molecular weight is 320 g/mol. The minimum absolute atomic E-state index is 0.123. The van der Waals surface area contributed by atoms with Crippen molar-refractivity contribution in [3.63, 3.8) is 0 Å². The number of hydrogen-bond donors (Lipinski definition) is 2. The molecule has 20 heavy (non-hydrogen) atoms. The molecule has 0 spiro atoms. The smallest absolute Gasteiger partial charge is 0.240 e. The van der Waals surface area contributed by atoms with Gasteiger partial charge in [-0.1, -0.05) is 12.1 Å². The third-order valence-corrected chi connectivity index (χ3v) is 5.31. The van der Waals surface area contributed by atoms with E-state index in [0.29, 0.717) is 0 Å². The van der Waals surface area contributed by atoms with E-state index in [1.54, 1.807) is 12.1 Å². The van der Waals surface area contributed by atoms with Crippen molar-refractivity contribution < 1.29 is 16.8 Å². The summed E-state index contributed by atoms with van der Waals surface area (Å²) in [4.78, 5) is 0.123. The number of sulfonamides is 1. The van der Waals surface area contributed by atoms with Gasteiger partial charge in [-0.2, -0.15) is 0 Å². The molecular weight excluding hydrogens is 300 g/mol. The number of rotatable bonds is 7. The van der Waals surface area contributed by atoms with Gasteiger partial charge in [0.05, 0.1) is 10.6 Å². The van der Waals surface area contributed by atoms with Crippen molar-refractivity contribution in [2.24, 2.45) is 0 Å². The Labute approximate surface area is 120 Å². The van der Waals surface area contributed by atoms with Crippen LogP contribution in [0.1, 0.15) is 18.5 Å². The zero-order chi connectivity index (χ0) is 15.4. The van der Waals surface area contributed by atoms with Crippen molar-refractivity contribution >= 4 is 19.9 Å². The Kier molecular flexibility index (Phi) is 5.69. The molecule has 0 radical (unpaired) electrons. The van der Waals surface area contributed by atoms with Gasteiger partial charge in [-0.05, 0) is 31.7 Å². The van der Waals surface area contributed by atoms with Crippen molar-refractivity contribution in [1.82, 2.24) is 10.0 Å². The van der Waals surface area contributed by atoms with E-state index in [1.807, 2.05) is 14.0 Å². The van der Waals surface area contributed by atoms with E-state index in [2.05, 4.69) is 10.0 Å². The lowest BCUT2D eigenvalue weighted by molar-refractivity contribution is 0.581. The lowest BCUT2D eigenvalue weighted by atomic mass is 10.1. The van der Waals surface area contributed by atoms with Gasteiger partial charge in [-0.15, -0.1) is 0 Å². The summed E-state index contributed by atoms with van der Waals surface area (Å²) in [6.07, 6.45) is 1.06. The monoisotopic (exact) mass is 320 g/mol. The summed E-state index contributed by atoms with van der Waals surface area (Å²) in [6, 6.07) is 6.60. The molecule has 0 aliphatic carbocycles. The topological polar surface area (TPSA) is 92.3 Å². The fourth-order valence-electron chi connectivity index (χ4n) is 1.55. The van der Waals surface area contributed by atoms with Crippen molar-refractivity contribution in [3.05, 3.63) is 29.8 Å². The van der Waals surface area contributed by atoms with Gasteiger partial charge < -0.3 is 5.32 Å². The first-order valence-corrected chi connectivity index (χ1v) is 9.65. The molecule has 1 aromatic carbocycles. The van der Waals surface area contributed by atoms with Gasteiger partial charge in [0, 0.05) is 18.8 Å². The molecule has 114 valence electrons. The van der Waals surface area contributed by atoms with Gasteiger partial charge in [-0.25, -0.2) is 21.6 Å². The fraction of sp³-hybridized carbons (Fsp3) is 0.500. The fourth-order valence-corrected chi connectivity index (χ4v) is 3.18. The van der Waals surface area contributed by atoms with Gasteiger partial charge in [0.25, 0.3) is 0 Å². The van der Waals surface area contributed by atoms with E-state index >= 15 is 0 Å². The Morgan fingerprint density at radius 3 is 2.10 bits per heavy atom. The average Bonchev–Trinajstić information content (AvgIpc) is 2.36. The van der Waals surface area contributed by atoms with Crippen LogP contribution in [-0.4, -0.2) is 42.4 Å². The molecule has 0 bridgehead atoms. The molecule has 0 saturated heterocycles. The molecule has 1 rings (SSSR count). The Hall–Kier alpha value is -0.960. The molecule has 0 aliphatic rings. The molecule has 0 saturated carbocycles. The lowest BCUT2D eigenvalue weighted by Crippen LogP contribution is -2.29. The second-order valence-electron chi connectivity index (χ2n) is 4.61. The highest BCUT2D eigenvalue weighted by molar-refractivity contribution is 7.91. The SMILES string of the molecule is CNC(C)c1ccc(S(=O)(=O)NCCS(C)(=O)=O)cc1. The van der Waals surface area contributed by atoms with E-state index in [9.17, 15) is 16.8 Å². The van der Waals surface area contributed by atoms with Gasteiger partial charge >= 0.3 is 0 Å². The van der Waals surface area contributed by atoms with Crippen molar-refractivity contribution in [3.8, 4) is 0 Å². The van der Waals surface area contributed by atoms with Crippen molar-refractivity contribution in [1.29, 1.82) is 0 Å². The first-order valence-electron chi connectivity index (χ1n) is 6.10. The van der Waals surface area contributed by atoms with E-state index in [1.165, 1.54) is 12.1 Å². The molecule has 1 aromatic rings. The summed E-state index contributed by atoms with van der Waals surface area (Å²) in [6.45, 7) is 1.84. The Bertz CT molecular complexity index is 637. The number of benzene rings is 1. The number of sulfone groups is 1. The van der Waals surface area contributed by atoms with Crippen LogP contribution < -0.4 is 10.0 Å². The Balaban J connectivity index is 2.78. The van der Waals surface area contributed by atoms with Crippen LogP contribution in [0.2, 0.25) is 0 Å². The molecule has 0 aliphatic heterocycles. The van der Waals surface area contributed by atoms with E-state index in [4.69, 9.17) is 0 Å². The summed E-state index contributed by atoms with van der Waals surface area (Å²) >= 11 is 0. The molecule has 0 fully saturated rings. The van der Waals surface area contributed by atoms with Crippen LogP contribution in [0, 0.1) is 0 Å². The van der Waals surface area contributed by atoms with E-state index < -0.39 is 19.9 Å². The molecule has 8 heteroatoms. The van der Waals surface area contributed by atoms with Gasteiger partial charge in [0.15, 0.2) is 0 Å². The molecule has 2 N–H and O–H groups in total. The van der Waals surface area contributed by atoms with Crippen LogP contribution in [0.25, 0.3) is 0 Å². The van der Waals surface area contributed by atoms with Crippen LogP contribution in [0.5, 0.6) is 0 Å². The standard InChI is InChI=1S/C12H20N2O4S2/c1-10(13-2)11-4-6-12(7-5-11)20(17,18)14-8-9-19(3,15)16/h4-7,10,13-14H,8-9H2,1-3H3. The minimum atomic E-state index is -3.67. The summed E-state index contributed by atoms with van der Waals surface area (Å²) in [5.41, 5.74) is 0.975. The second-order valence-corrected chi connectivity index (χ2v) is 8.63. The molecule has 0 amide bonds. The quantitative estimate of drug-likeness (QED) is 0.753. The maximum absolute atomic E-state index is 11.9. The van der Waals surface area contributed by atoms with Crippen LogP contribution in [-0.2, 0) is 19.9 Å². The molecule has 1 atom stereocenters. The van der Waals surface area contributed by atoms with E-state index in [-0.39, 0.29) is 23.2 Å². The molecule has 0 heterocycles. The maximum atomic E-state index is 11.9. The molecule has 0 aromatic heterocycles. The number of nitrogens with one attached hydrogen (secondary N) is 2. The third-order valence-electron chi connectivity index (χ3n) is 2.89. The van der Waals surface area contributed by atoms with Crippen molar-refractivity contribution in [2.75, 3.05) is 25.6 Å². The first kappa shape index (κ1) is 17.1. The predicted octanol–water partition coefficient (Wildman–Crippen LogP) is 0.290. The lowest BCUT2D eigenvalue weighted by Gasteiger charge is -2.11. The zero-order valence-corrected chi connectivity index (χ0v) is 13.4.